The topological polar surface area (TPSA) is 63.6 Å². The molecule has 4 aliphatic carbocycles. The van der Waals surface area contributed by atoms with Crippen LogP contribution in [0.25, 0.3) is 0 Å². The number of aliphatic hydroxyl groups excluding tert-OH is 1. The van der Waals surface area contributed by atoms with E-state index in [1.54, 1.807) is 0 Å². The first-order valence-electron chi connectivity index (χ1n) is 11.1. The Morgan fingerprint density at radius 1 is 0.963 bits per heavy atom. The molecule has 4 nitrogen and oxygen atoms in total. The van der Waals surface area contributed by atoms with Gasteiger partial charge in [0.05, 0.1) is 0 Å². The number of ketones is 1. The Hall–Kier alpha value is -0.900. The van der Waals surface area contributed by atoms with Crippen molar-refractivity contribution >= 4 is 11.8 Å². The monoisotopic (exact) mass is 376 g/mol. The van der Waals surface area contributed by atoms with E-state index < -0.39 is 0 Å². The predicted octanol–water partition coefficient (Wildman–Crippen LogP) is 4.14. The van der Waals surface area contributed by atoms with Gasteiger partial charge in [-0.2, -0.15) is 0 Å². The van der Waals surface area contributed by atoms with Gasteiger partial charge in [0.1, 0.15) is 12.7 Å². The minimum atomic E-state index is -0.293. The van der Waals surface area contributed by atoms with E-state index in [2.05, 4.69) is 13.8 Å². The number of carbonyl (C=O) groups is 2. The zero-order valence-electron chi connectivity index (χ0n) is 17.2. The van der Waals surface area contributed by atoms with Crippen LogP contribution in [0.5, 0.6) is 0 Å². The fourth-order valence-corrected chi connectivity index (χ4v) is 8.20. The molecular formula is C23H36O4. The van der Waals surface area contributed by atoms with Crippen LogP contribution in [0.2, 0.25) is 0 Å². The Bertz CT molecular complexity index is 615. The Balaban J connectivity index is 1.53. The highest BCUT2D eigenvalue weighted by Gasteiger charge is 2.61. The number of esters is 1. The van der Waals surface area contributed by atoms with Crippen molar-refractivity contribution in [1.82, 2.24) is 0 Å². The van der Waals surface area contributed by atoms with Crippen LogP contribution < -0.4 is 0 Å². The van der Waals surface area contributed by atoms with E-state index in [-0.39, 0.29) is 35.8 Å². The molecule has 0 radical (unpaired) electrons. The molecule has 0 saturated heterocycles. The van der Waals surface area contributed by atoms with Gasteiger partial charge >= 0.3 is 5.97 Å². The largest absolute Gasteiger partial charge is 0.463 e. The van der Waals surface area contributed by atoms with Gasteiger partial charge in [0.15, 0.2) is 5.78 Å². The summed E-state index contributed by atoms with van der Waals surface area (Å²) in [5, 5.41) is 9.43. The van der Waals surface area contributed by atoms with Gasteiger partial charge in [-0.15, -0.1) is 0 Å². The molecule has 0 aromatic carbocycles. The molecule has 4 rings (SSSR count). The molecule has 0 aliphatic heterocycles. The standard InChI is InChI=1S/C23H36O4/c1-14(25)27-16-8-10-22(2)15(12-16)4-5-17-18-6-7-20(21(26)13-24)23(18,3)11-9-19(17)22/h15-20,24H,4-13H2,1-3H3/t15-,16-,17-,18-,19-,20+,22-,23-/m0/s1. The van der Waals surface area contributed by atoms with Crippen molar-refractivity contribution in [3.63, 3.8) is 0 Å². The quantitative estimate of drug-likeness (QED) is 0.752. The molecule has 0 spiro atoms. The fraction of sp³-hybridized carbons (Fsp3) is 0.913. The number of Topliss-reactive ketones (excluding diaryl/α,β-unsaturated/α-hetero) is 1. The molecule has 27 heavy (non-hydrogen) atoms. The minimum absolute atomic E-state index is 0.0682. The van der Waals surface area contributed by atoms with Crippen LogP contribution in [0.4, 0.5) is 0 Å². The lowest BCUT2D eigenvalue weighted by atomic mass is 9.44. The van der Waals surface area contributed by atoms with Crippen LogP contribution in [-0.2, 0) is 14.3 Å². The van der Waals surface area contributed by atoms with Crippen LogP contribution in [0, 0.1) is 40.4 Å². The zero-order valence-corrected chi connectivity index (χ0v) is 17.2. The van der Waals surface area contributed by atoms with E-state index in [0.29, 0.717) is 17.3 Å². The third-order valence-electron chi connectivity index (χ3n) is 9.49. The lowest BCUT2D eigenvalue weighted by Gasteiger charge is -2.61. The summed E-state index contributed by atoms with van der Waals surface area (Å²) in [6, 6.07) is 0. The van der Waals surface area contributed by atoms with Crippen molar-refractivity contribution in [2.45, 2.75) is 84.7 Å². The molecule has 4 saturated carbocycles. The molecule has 0 bridgehead atoms. The first-order chi connectivity index (χ1) is 12.8. The first-order valence-corrected chi connectivity index (χ1v) is 11.1. The normalized spacial score (nSPS) is 48.9. The van der Waals surface area contributed by atoms with Gasteiger partial charge < -0.3 is 9.84 Å². The van der Waals surface area contributed by atoms with E-state index in [1.807, 2.05) is 0 Å². The number of hydrogen-bond donors (Lipinski definition) is 1. The van der Waals surface area contributed by atoms with Crippen LogP contribution in [-0.4, -0.2) is 29.6 Å². The lowest BCUT2D eigenvalue weighted by molar-refractivity contribution is -0.161. The molecular weight excluding hydrogens is 340 g/mol. The van der Waals surface area contributed by atoms with Crippen LogP contribution in [0.15, 0.2) is 0 Å². The maximum absolute atomic E-state index is 12.4. The molecule has 0 aromatic heterocycles. The second kappa shape index (κ2) is 6.86. The van der Waals surface area contributed by atoms with Crippen molar-refractivity contribution in [2.75, 3.05) is 6.61 Å². The Morgan fingerprint density at radius 3 is 2.37 bits per heavy atom. The smallest absolute Gasteiger partial charge is 0.302 e. The molecule has 0 heterocycles. The number of hydrogen-bond acceptors (Lipinski definition) is 4. The molecule has 4 heteroatoms. The summed E-state index contributed by atoms with van der Waals surface area (Å²) in [7, 11) is 0. The highest BCUT2D eigenvalue weighted by molar-refractivity contribution is 5.83. The maximum atomic E-state index is 12.4. The van der Waals surface area contributed by atoms with Crippen molar-refractivity contribution in [3.8, 4) is 0 Å². The molecule has 4 fully saturated rings. The average Bonchev–Trinajstić information content (AvgIpc) is 2.98. The van der Waals surface area contributed by atoms with Gasteiger partial charge in [0.25, 0.3) is 0 Å². The number of ether oxygens (including phenoxy) is 1. The van der Waals surface area contributed by atoms with E-state index in [1.165, 1.54) is 32.6 Å². The summed E-state index contributed by atoms with van der Waals surface area (Å²) in [6.07, 6.45) is 10.3. The van der Waals surface area contributed by atoms with Gasteiger partial charge in [-0.1, -0.05) is 13.8 Å². The fourth-order valence-electron chi connectivity index (χ4n) is 8.20. The van der Waals surface area contributed by atoms with E-state index in [9.17, 15) is 14.7 Å². The van der Waals surface area contributed by atoms with Gasteiger partial charge in [0, 0.05) is 12.8 Å². The number of carbonyl (C=O) groups excluding carboxylic acids is 2. The maximum Gasteiger partial charge on any atom is 0.302 e. The van der Waals surface area contributed by atoms with Crippen molar-refractivity contribution < 1.29 is 19.4 Å². The minimum Gasteiger partial charge on any atom is -0.463 e. The summed E-state index contributed by atoms with van der Waals surface area (Å²) in [4.78, 5) is 23.7. The molecule has 0 unspecified atom stereocenters. The summed E-state index contributed by atoms with van der Waals surface area (Å²) < 4.78 is 5.56. The number of aliphatic hydroxyl groups is 1. The Morgan fingerprint density at radius 2 is 1.67 bits per heavy atom. The van der Waals surface area contributed by atoms with Gasteiger partial charge in [-0.25, -0.2) is 0 Å². The van der Waals surface area contributed by atoms with Gasteiger partial charge in [-0.05, 0) is 92.3 Å². The molecule has 8 atom stereocenters. The van der Waals surface area contributed by atoms with Crippen LogP contribution in [0.1, 0.15) is 78.6 Å². The average molecular weight is 377 g/mol. The third kappa shape index (κ3) is 2.97. The summed E-state index contributed by atoms with van der Waals surface area (Å²) in [5.41, 5.74) is 0.457. The predicted molar refractivity (Wildman–Crippen MR) is 103 cm³/mol. The number of fused-ring (bicyclic) bond motifs is 5. The van der Waals surface area contributed by atoms with Crippen molar-refractivity contribution in [1.29, 1.82) is 0 Å². The van der Waals surface area contributed by atoms with Crippen molar-refractivity contribution in [3.05, 3.63) is 0 Å². The summed E-state index contributed by atoms with van der Waals surface area (Å²) in [5.74, 6) is 2.77. The SMILES string of the molecule is CC(=O)O[C@H]1CC[C@@]2(C)[C@@H](CC[C@@H]3[C@@H]2CC[C@]2(C)[C@@H](C(=O)CO)CC[C@@H]32)C1. The summed E-state index contributed by atoms with van der Waals surface area (Å²) >= 11 is 0. The molecule has 4 aliphatic rings. The summed E-state index contributed by atoms with van der Waals surface area (Å²) in [6.45, 7) is 6.08. The van der Waals surface area contributed by atoms with Gasteiger partial charge in [-0.3, -0.25) is 9.59 Å². The third-order valence-corrected chi connectivity index (χ3v) is 9.49. The Kier molecular flexibility index (Phi) is 4.93. The van der Waals surface area contributed by atoms with E-state index >= 15 is 0 Å². The second-order valence-corrected chi connectivity index (χ2v) is 10.5. The second-order valence-electron chi connectivity index (χ2n) is 10.5. The molecule has 0 aromatic rings. The van der Waals surface area contributed by atoms with Gasteiger partial charge in [0.2, 0.25) is 0 Å². The number of rotatable bonds is 3. The van der Waals surface area contributed by atoms with Crippen LogP contribution in [0.3, 0.4) is 0 Å². The zero-order chi connectivity index (χ0) is 19.4. The van der Waals surface area contributed by atoms with Crippen molar-refractivity contribution in [2.24, 2.45) is 40.4 Å². The van der Waals surface area contributed by atoms with Crippen LogP contribution >= 0.6 is 0 Å². The molecule has 1 N–H and O–H groups in total. The molecule has 152 valence electrons. The van der Waals surface area contributed by atoms with E-state index in [4.69, 9.17) is 4.74 Å². The highest BCUT2D eigenvalue weighted by atomic mass is 16.5. The lowest BCUT2D eigenvalue weighted by Crippen LogP contribution is -2.54. The Labute approximate surface area is 163 Å². The van der Waals surface area contributed by atoms with E-state index in [0.717, 1.165) is 43.9 Å². The first kappa shape index (κ1) is 19.4. The molecule has 0 amide bonds. The highest BCUT2D eigenvalue weighted by Crippen LogP contribution is 2.67.